The molecule has 9 nitrogen and oxygen atoms in total. The van der Waals surface area contributed by atoms with Gasteiger partial charge in [0.15, 0.2) is 5.82 Å². The van der Waals surface area contributed by atoms with Crippen molar-refractivity contribution in [3.8, 4) is 0 Å². The Balaban J connectivity index is 1.87. The highest BCUT2D eigenvalue weighted by Gasteiger charge is 2.31. The lowest BCUT2D eigenvalue weighted by atomic mass is 10.0. The fourth-order valence-corrected chi connectivity index (χ4v) is 3.34. The Labute approximate surface area is 116 Å². The normalized spacial score (nSPS) is 20.9. The predicted octanol–water partition coefficient (Wildman–Crippen LogP) is -0.757. The first-order chi connectivity index (χ1) is 9.49. The molecule has 2 heterocycles. The predicted molar refractivity (Wildman–Crippen MR) is 66.9 cm³/mol. The molecule has 1 aromatic rings. The molecule has 1 unspecified atom stereocenters. The molecule has 0 saturated carbocycles. The quantitative estimate of drug-likeness (QED) is 0.707. The van der Waals surface area contributed by atoms with Crippen molar-refractivity contribution in [2.75, 3.05) is 19.6 Å². The highest BCUT2D eigenvalue weighted by Crippen LogP contribution is 2.18. The van der Waals surface area contributed by atoms with E-state index in [-0.39, 0.29) is 13.1 Å². The van der Waals surface area contributed by atoms with Gasteiger partial charge in [0.05, 0.1) is 5.92 Å². The summed E-state index contributed by atoms with van der Waals surface area (Å²) >= 11 is 0. The van der Waals surface area contributed by atoms with Gasteiger partial charge < -0.3 is 9.63 Å². The SMILES string of the molecule is O=C(O)C1CCCN(S(=O)(=O)NCCc2ncon2)C1. The van der Waals surface area contributed by atoms with Crippen molar-refractivity contribution in [1.82, 2.24) is 19.2 Å². The fourth-order valence-electron chi connectivity index (χ4n) is 2.05. The maximum absolute atomic E-state index is 12.0. The number of carbonyl (C=O) groups is 1. The molecule has 0 spiro atoms. The molecule has 20 heavy (non-hydrogen) atoms. The van der Waals surface area contributed by atoms with Crippen LogP contribution in [-0.2, 0) is 21.4 Å². The fraction of sp³-hybridized carbons (Fsp3) is 0.700. The first kappa shape index (κ1) is 14.9. The van der Waals surface area contributed by atoms with E-state index in [1.807, 2.05) is 0 Å². The van der Waals surface area contributed by atoms with Gasteiger partial charge in [0, 0.05) is 26.1 Å². The van der Waals surface area contributed by atoms with E-state index >= 15 is 0 Å². The van der Waals surface area contributed by atoms with Crippen molar-refractivity contribution in [2.24, 2.45) is 5.92 Å². The van der Waals surface area contributed by atoms with E-state index in [9.17, 15) is 13.2 Å². The number of rotatable bonds is 6. The van der Waals surface area contributed by atoms with Gasteiger partial charge in [0.25, 0.3) is 10.2 Å². The zero-order valence-corrected chi connectivity index (χ0v) is 11.5. The van der Waals surface area contributed by atoms with E-state index in [0.29, 0.717) is 31.6 Å². The molecule has 1 aliphatic rings. The Bertz CT molecular complexity index is 544. The molecule has 1 saturated heterocycles. The van der Waals surface area contributed by atoms with E-state index in [2.05, 4.69) is 19.4 Å². The zero-order chi connectivity index (χ0) is 14.6. The summed E-state index contributed by atoms with van der Waals surface area (Å²) < 4.78 is 32.2. The van der Waals surface area contributed by atoms with Crippen LogP contribution in [0.2, 0.25) is 0 Å². The minimum atomic E-state index is -3.67. The van der Waals surface area contributed by atoms with Gasteiger partial charge in [0.2, 0.25) is 6.39 Å². The summed E-state index contributed by atoms with van der Waals surface area (Å²) in [5, 5.41) is 12.5. The average Bonchev–Trinajstić information content (AvgIpc) is 2.92. The van der Waals surface area contributed by atoms with Gasteiger partial charge in [-0.3, -0.25) is 4.79 Å². The van der Waals surface area contributed by atoms with Gasteiger partial charge >= 0.3 is 5.97 Å². The number of hydrogen-bond acceptors (Lipinski definition) is 6. The summed E-state index contributed by atoms with van der Waals surface area (Å²) in [6.45, 7) is 0.476. The van der Waals surface area contributed by atoms with Gasteiger partial charge in [-0.05, 0) is 12.8 Å². The molecule has 112 valence electrons. The van der Waals surface area contributed by atoms with Crippen LogP contribution in [-0.4, -0.2) is 53.6 Å². The van der Waals surface area contributed by atoms with Crippen LogP contribution in [0.3, 0.4) is 0 Å². The third kappa shape index (κ3) is 3.74. The van der Waals surface area contributed by atoms with Gasteiger partial charge in [-0.2, -0.15) is 17.7 Å². The highest BCUT2D eigenvalue weighted by molar-refractivity contribution is 7.87. The van der Waals surface area contributed by atoms with Crippen molar-refractivity contribution in [1.29, 1.82) is 0 Å². The Kier molecular flexibility index (Phi) is 4.68. The first-order valence-electron chi connectivity index (χ1n) is 6.22. The third-order valence-corrected chi connectivity index (χ3v) is 4.69. The number of aliphatic carboxylic acids is 1. The third-order valence-electron chi connectivity index (χ3n) is 3.11. The number of carboxylic acids is 1. The second-order valence-corrected chi connectivity index (χ2v) is 6.29. The molecule has 2 N–H and O–H groups in total. The van der Waals surface area contributed by atoms with E-state index in [0.717, 1.165) is 0 Å². The first-order valence-corrected chi connectivity index (χ1v) is 7.66. The highest BCUT2D eigenvalue weighted by atomic mass is 32.2. The van der Waals surface area contributed by atoms with Crippen LogP contribution in [0.4, 0.5) is 0 Å². The van der Waals surface area contributed by atoms with Crippen LogP contribution < -0.4 is 4.72 Å². The molecule has 2 rings (SSSR count). The second-order valence-electron chi connectivity index (χ2n) is 4.53. The van der Waals surface area contributed by atoms with Gasteiger partial charge in [0.1, 0.15) is 0 Å². The standard InChI is InChI=1S/C10H16N4O5S/c15-10(16)8-2-1-5-14(6-8)20(17,18)12-4-3-9-11-7-19-13-9/h7-8,12H,1-6H2,(H,15,16). The van der Waals surface area contributed by atoms with Crippen molar-refractivity contribution in [3.63, 3.8) is 0 Å². The molecule has 0 radical (unpaired) electrons. The van der Waals surface area contributed by atoms with E-state index in [1.165, 1.54) is 10.7 Å². The molecular weight excluding hydrogens is 288 g/mol. The smallest absolute Gasteiger partial charge is 0.307 e. The molecular formula is C10H16N4O5S. The van der Waals surface area contributed by atoms with Crippen molar-refractivity contribution in [3.05, 3.63) is 12.2 Å². The largest absolute Gasteiger partial charge is 0.481 e. The van der Waals surface area contributed by atoms with E-state index < -0.39 is 22.1 Å². The van der Waals surface area contributed by atoms with Crippen LogP contribution in [0.25, 0.3) is 0 Å². The lowest BCUT2D eigenvalue weighted by Crippen LogP contribution is -2.47. The topological polar surface area (TPSA) is 126 Å². The zero-order valence-electron chi connectivity index (χ0n) is 10.7. The number of nitrogens with one attached hydrogen (secondary N) is 1. The van der Waals surface area contributed by atoms with Gasteiger partial charge in [-0.25, -0.2) is 4.72 Å². The Hall–Kier alpha value is -1.52. The van der Waals surface area contributed by atoms with Crippen LogP contribution >= 0.6 is 0 Å². The van der Waals surface area contributed by atoms with Crippen LogP contribution in [0.15, 0.2) is 10.9 Å². The minimum Gasteiger partial charge on any atom is -0.481 e. The Morgan fingerprint density at radius 1 is 1.60 bits per heavy atom. The summed E-state index contributed by atoms with van der Waals surface area (Å²) in [6, 6.07) is 0. The van der Waals surface area contributed by atoms with Gasteiger partial charge in [-0.1, -0.05) is 5.16 Å². The van der Waals surface area contributed by atoms with Crippen LogP contribution in [0, 0.1) is 5.92 Å². The number of aromatic nitrogens is 2. The van der Waals surface area contributed by atoms with Crippen molar-refractivity contribution in [2.45, 2.75) is 19.3 Å². The molecule has 1 aliphatic heterocycles. The van der Waals surface area contributed by atoms with Crippen molar-refractivity contribution >= 4 is 16.2 Å². The van der Waals surface area contributed by atoms with Crippen LogP contribution in [0.5, 0.6) is 0 Å². The minimum absolute atomic E-state index is 0.00682. The Morgan fingerprint density at radius 3 is 3.05 bits per heavy atom. The molecule has 0 bridgehead atoms. The molecule has 0 amide bonds. The van der Waals surface area contributed by atoms with Crippen LogP contribution in [0.1, 0.15) is 18.7 Å². The van der Waals surface area contributed by atoms with Crippen molar-refractivity contribution < 1.29 is 22.8 Å². The maximum Gasteiger partial charge on any atom is 0.307 e. The molecule has 0 aliphatic carbocycles. The summed E-state index contributed by atoms with van der Waals surface area (Å²) in [7, 11) is -3.67. The van der Waals surface area contributed by atoms with Gasteiger partial charge in [-0.15, -0.1) is 0 Å². The number of piperidine rings is 1. The molecule has 0 aromatic carbocycles. The number of hydrogen-bond donors (Lipinski definition) is 2. The molecule has 1 fully saturated rings. The number of carboxylic acid groups (broad SMARTS) is 1. The molecule has 10 heteroatoms. The summed E-state index contributed by atoms with van der Waals surface area (Å²) in [4.78, 5) is 14.7. The monoisotopic (exact) mass is 304 g/mol. The summed E-state index contributed by atoms with van der Waals surface area (Å²) in [5.74, 6) is -1.19. The number of nitrogens with zero attached hydrogens (tertiary/aromatic N) is 3. The molecule has 1 aromatic heterocycles. The summed E-state index contributed by atoms with van der Waals surface area (Å²) in [6.07, 6.45) is 2.53. The van der Waals surface area contributed by atoms with E-state index in [4.69, 9.17) is 5.11 Å². The second kappa shape index (κ2) is 6.29. The average molecular weight is 304 g/mol. The summed E-state index contributed by atoms with van der Waals surface area (Å²) in [5.41, 5.74) is 0. The Morgan fingerprint density at radius 2 is 2.40 bits per heavy atom. The van der Waals surface area contributed by atoms with E-state index in [1.54, 1.807) is 0 Å². The maximum atomic E-state index is 12.0. The lowest BCUT2D eigenvalue weighted by molar-refractivity contribution is -0.142. The lowest BCUT2D eigenvalue weighted by Gasteiger charge is -2.29. The molecule has 1 atom stereocenters.